The zero-order valence-corrected chi connectivity index (χ0v) is 14.3. The van der Waals surface area contributed by atoms with E-state index >= 15 is 0 Å². The van der Waals surface area contributed by atoms with Crippen LogP contribution in [0.1, 0.15) is 31.4 Å². The van der Waals surface area contributed by atoms with Gasteiger partial charge in [-0.3, -0.25) is 5.10 Å². The molecule has 0 saturated carbocycles. The van der Waals surface area contributed by atoms with Gasteiger partial charge in [0, 0.05) is 17.2 Å². The highest BCUT2D eigenvalue weighted by Crippen LogP contribution is 2.28. The van der Waals surface area contributed by atoms with Crippen LogP contribution in [-0.2, 0) is 5.41 Å². The SMILES string of the molecule is C=c1[nH]nc(Cl)/c1=C(/C=C\N)c1cccc(C(C)(CC)CN)c1. The van der Waals surface area contributed by atoms with Crippen molar-refractivity contribution < 1.29 is 0 Å². The summed E-state index contributed by atoms with van der Waals surface area (Å²) in [5.74, 6) is 0. The Morgan fingerprint density at radius 1 is 1.48 bits per heavy atom. The van der Waals surface area contributed by atoms with Crippen LogP contribution in [0.2, 0.25) is 5.15 Å². The highest BCUT2D eigenvalue weighted by Gasteiger charge is 2.23. The van der Waals surface area contributed by atoms with Gasteiger partial charge in [-0.1, -0.05) is 56.3 Å². The van der Waals surface area contributed by atoms with Gasteiger partial charge in [0.2, 0.25) is 0 Å². The zero-order valence-electron chi connectivity index (χ0n) is 13.6. The minimum Gasteiger partial charge on any atom is -0.405 e. The van der Waals surface area contributed by atoms with Crippen molar-refractivity contribution in [2.45, 2.75) is 25.7 Å². The first-order valence-corrected chi connectivity index (χ1v) is 7.97. The summed E-state index contributed by atoms with van der Waals surface area (Å²) in [7, 11) is 0. The third-order valence-corrected chi connectivity index (χ3v) is 4.70. The standard InChI is InChI=1S/C18H23ClN4/c1-4-18(3,11-21)14-7-5-6-13(10-14)15(8-9-20)16-12(2)22-23-17(16)19/h5-10,22H,2,4,11,20-21H2,1,3H3/b9-8-,16-15-. The Morgan fingerprint density at radius 2 is 2.22 bits per heavy atom. The number of aromatic amines is 1. The second-order valence-electron chi connectivity index (χ2n) is 5.84. The minimum atomic E-state index is -0.0684. The van der Waals surface area contributed by atoms with Gasteiger partial charge in [-0.25, -0.2) is 0 Å². The number of halogens is 1. The van der Waals surface area contributed by atoms with Crippen molar-refractivity contribution in [1.29, 1.82) is 0 Å². The van der Waals surface area contributed by atoms with E-state index in [-0.39, 0.29) is 5.41 Å². The molecule has 4 nitrogen and oxygen atoms in total. The van der Waals surface area contributed by atoms with Crippen LogP contribution in [0.4, 0.5) is 0 Å². The molecule has 1 heterocycles. The van der Waals surface area contributed by atoms with Crippen molar-refractivity contribution in [1.82, 2.24) is 10.2 Å². The lowest BCUT2D eigenvalue weighted by Crippen LogP contribution is -2.31. The number of nitrogens with zero attached hydrogens (tertiary/aromatic N) is 1. The van der Waals surface area contributed by atoms with E-state index in [0.29, 0.717) is 17.0 Å². The normalized spacial score (nSPS) is 15.7. The Morgan fingerprint density at radius 3 is 2.74 bits per heavy atom. The van der Waals surface area contributed by atoms with Crippen LogP contribution in [0.5, 0.6) is 0 Å². The molecule has 1 atom stereocenters. The first kappa shape index (κ1) is 17.3. The molecule has 0 aliphatic rings. The molecule has 1 aromatic carbocycles. The summed E-state index contributed by atoms with van der Waals surface area (Å²) in [6.07, 6.45) is 4.27. The molecule has 0 radical (unpaired) electrons. The van der Waals surface area contributed by atoms with Gasteiger partial charge in [-0.2, -0.15) is 5.10 Å². The quantitative estimate of drug-likeness (QED) is 0.781. The number of rotatable bonds is 5. The molecule has 2 rings (SSSR count). The van der Waals surface area contributed by atoms with Crippen LogP contribution in [0.15, 0.2) is 36.5 Å². The molecule has 0 aliphatic carbocycles. The van der Waals surface area contributed by atoms with Gasteiger partial charge in [-0.15, -0.1) is 0 Å². The second kappa shape index (κ2) is 7.02. The van der Waals surface area contributed by atoms with E-state index in [2.05, 4.69) is 42.8 Å². The van der Waals surface area contributed by atoms with Crippen LogP contribution in [0.25, 0.3) is 12.2 Å². The predicted molar refractivity (Wildman–Crippen MR) is 97.3 cm³/mol. The molecule has 0 saturated heterocycles. The Hall–Kier alpha value is -2.04. The van der Waals surface area contributed by atoms with Crippen LogP contribution >= 0.6 is 11.6 Å². The molecular formula is C18H23ClN4. The van der Waals surface area contributed by atoms with Gasteiger partial charge in [0.05, 0.1) is 5.35 Å². The summed E-state index contributed by atoms with van der Waals surface area (Å²) in [4.78, 5) is 0. The molecule has 122 valence electrons. The molecule has 5 N–H and O–H groups in total. The van der Waals surface area contributed by atoms with Gasteiger partial charge in [0.1, 0.15) is 0 Å². The molecule has 1 aromatic heterocycles. The number of nitrogens with two attached hydrogens (primary N) is 2. The third-order valence-electron chi connectivity index (χ3n) is 4.43. The van der Waals surface area contributed by atoms with E-state index in [9.17, 15) is 0 Å². The molecular weight excluding hydrogens is 308 g/mol. The lowest BCUT2D eigenvalue weighted by molar-refractivity contribution is 0.467. The monoisotopic (exact) mass is 330 g/mol. The second-order valence-corrected chi connectivity index (χ2v) is 6.20. The van der Waals surface area contributed by atoms with Crippen LogP contribution in [-0.4, -0.2) is 16.7 Å². The first-order valence-electron chi connectivity index (χ1n) is 7.59. The van der Waals surface area contributed by atoms with E-state index in [4.69, 9.17) is 23.1 Å². The lowest BCUT2D eigenvalue weighted by atomic mass is 9.79. The van der Waals surface area contributed by atoms with E-state index < -0.39 is 0 Å². The van der Waals surface area contributed by atoms with Crippen molar-refractivity contribution in [2.24, 2.45) is 11.5 Å². The fraction of sp³-hybridized carbons (Fsp3) is 0.278. The summed E-state index contributed by atoms with van der Waals surface area (Å²) >= 11 is 6.21. The van der Waals surface area contributed by atoms with Gasteiger partial charge < -0.3 is 11.5 Å². The molecule has 0 fully saturated rings. The fourth-order valence-electron chi connectivity index (χ4n) is 2.58. The average molecular weight is 331 g/mol. The molecule has 1 unspecified atom stereocenters. The van der Waals surface area contributed by atoms with Crippen molar-refractivity contribution in [3.63, 3.8) is 0 Å². The third kappa shape index (κ3) is 3.33. The van der Waals surface area contributed by atoms with E-state index in [1.54, 1.807) is 0 Å². The highest BCUT2D eigenvalue weighted by atomic mass is 35.5. The van der Waals surface area contributed by atoms with E-state index in [0.717, 1.165) is 22.8 Å². The largest absolute Gasteiger partial charge is 0.405 e. The molecule has 0 amide bonds. The van der Waals surface area contributed by atoms with Gasteiger partial charge in [0.15, 0.2) is 5.15 Å². The highest BCUT2D eigenvalue weighted by molar-refractivity contribution is 6.29. The maximum atomic E-state index is 6.21. The Labute approximate surface area is 141 Å². The molecule has 2 aromatic rings. The molecule has 0 spiro atoms. The maximum Gasteiger partial charge on any atom is 0.159 e. The number of aromatic nitrogens is 2. The van der Waals surface area contributed by atoms with Gasteiger partial charge in [0.25, 0.3) is 0 Å². The zero-order chi connectivity index (χ0) is 17.0. The smallest absolute Gasteiger partial charge is 0.159 e. The summed E-state index contributed by atoms with van der Waals surface area (Å²) in [6.45, 7) is 8.85. The van der Waals surface area contributed by atoms with E-state index in [1.165, 1.54) is 11.8 Å². The topological polar surface area (TPSA) is 80.7 Å². The van der Waals surface area contributed by atoms with Crippen molar-refractivity contribution in [2.75, 3.05) is 6.54 Å². The van der Waals surface area contributed by atoms with Gasteiger partial charge in [-0.05, 0) is 35.4 Å². The Kier molecular flexibility index (Phi) is 5.29. The molecule has 0 bridgehead atoms. The first-order chi connectivity index (χ1) is 11.0. The molecule has 23 heavy (non-hydrogen) atoms. The number of hydrogen-bond acceptors (Lipinski definition) is 3. The number of H-pyrrole nitrogens is 1. The van der Waals surface area contributed by atoms with Gasteiger partial charge >= 0.3 is 0 Å². The number of allylic oxidation sites excluding steroid dienone is 1. The lowest BCUT2D eigenvalue weighted by Gasteiger charge is -2.27. The maximum absolute atomic E-state index is 6.21. The average Bonchev–Trinajstić information content (AvgIpc) is 2.91. The predicted octanol–water partition coefficient (Wildman–Crippen LogP) is 1.77. The van der Waals surface area contributed by atoms with Crippen LogP contribution in [0, 0.1) is 0 Å². The van der Waals surface area contributed by atoms with Crippen LogP contribution < -0.4 is 22.0 Å². The Bertz CT molecular complexity index is 816. The number of nitrogens with one attached hydrogen (secondary N) is 1. The minimum absolute atomic E-state index is 0.0684. The molecule has 0 aliphatic heterocycles. The number of hydrogen-bond donors (Lipinski definition) is 3. The number of benzene rings is 1. The van der Waals surface area contributed by atoms with Crippen molar-refractivity contribution >= 4 is 23.8 Å². The van der Waals surface area contributed by atoms with E-state index in [1.807, 2.05) is 18.2 Å². The summed E-state index contributed by atoms with van der Waals surface area (Å²) in [6, 6.07) is 8.28. The van der Waals surface area contributed by atoms with Crippen molar-refractivity contribution in [3.05, 3.63) is 63.4 Å². The summed E-state index contributed by atoms with van der Waals surface area (Å²) in [5, 5.41) is 8.61. The van der Waals surface area contributed by atoms with Crippen molar-refractivity contribution in [3.8, 4) is 0 Å². The Balaban J connectivity index is 2.74. The fourth-order valence-corrected chi connectivity index (χ4v) is 2.83. The summed E-state index contributed by atoms with van der Waals surface area (Å²) in [5.41, 5.74) is 14.6. The summed E-state index contributed by atoms with van der Waals surface area (Å²) < 4.78 is 0. The van der Waals surface area contributed by atoms with Crippen LogP contribution in [0.3, 0.4) is 0 Å². The molecule has 5 heteroatoms.